The van der Waals surface area contributed by atoms with Gasteiger partial charge in [0.2, 0.25) is 29.5 Å². The van der Waals surface area contributed by atoms with Crippen LogP contribution in [0.5, 0.6) is 5.75 Å². The molecular weight excluding hydrogens is 752 g/mol. The lowest BCUT2D eigenvalue weighted by molar-refractivity contribution is -0.384. The number of guanidine groups is 1. The number of aliphatic carboxylic acids is 2. The van der Waals surface area contributed by atoms with Gasteiger partial charge in [0.05, 0.1) is 23.6 Å². The van der Waals surface area contributed by atoms with Crippen molar-refractivity contribution in [3.8, 4) is 5.75 Å². The van der Waals surface area contributed by atoms with E-state index < -0.39 is 77.1 Å². The molecule has 0 unspecified atom stereocenters. The van der Waals surface area contributed by atoms with Crippen LogP contribution in [0.1, 0.15) is 50.7 Å². The summed E-state index contributed by atoms with van der Waals surface area (Å²) in [6.45, 7) is 1.97. The monoisotopic (exact) mass is 802 g/mol. The fourth-order valence-electron chi connectivity index (χ4n) is 5.20. The Kier molecular flexibility index (Phi) is 20.9. The molecule has 1 saturated heterocycles. The van der Waals surface area contributed by atoms with Crippen LogP contribution in [0.25, 0.3) is 0 Å². The average molecular weight is 803 g/mol. The number of hydrogen-bond acceptors (Lipinski definition) is 13. The van der Waals surface area contributed by atoms with Gasteiger partial charge in [-0.25, -0.2) is 0 Å². The van der Waals surface area contributed by atoms with Crippen molar-refractivity contribution in [1.29, 1.82) is 0 Å². The van der Waals surface area contributed by atoms with Crippen LogP contribution in [-0.2, 0) is 46.4 Å². The summed E-state index contributed by atoms with van der Waals surface area (Å²) in [7, 11) is 0. The molecule has 1 fully saturated rings. The smallest absolute Gasteiger partial charge is 0.300 e. The predicted octanol–water partition coefficient (Wildman–Crippen LogP) is -1.79. The van der Waals surface area contributed by atoms with Crippen molar-refractivity contribution in [2.45, 2.75) is 76.5 Å². The maximum absolute atomic E-state index is 13.1. The zero-order valence-electron chi connectivity index (χ0n) is 31.5. The Morgan fingerprint density at radius 2 is 1.42 bits per heavy atom. The van der Waals surface area contributed by atoms with Crippen molar-refractivity contribution >= 4 is 53.1 Å². The number of phenolic OH excluding ortho intramolecular Hbond substituents is 1. The minimum Gasteiger partial charge on any atom is -0.508 e. The highest BCUT2D eigenvalue weighted by atomic mass is 16.6. The molecular formula is C35H50N10O12. The first-order valence-electron chi connectivity index (χ1n) is 17.4. The van der Waals surface area contributed by atoms with E-state index in [1.165, 1.54) is 41.3 Å². The highest BCUT2D eigenvalue weighted by Gasteiger charge is 2.37. The molecule has 312 valence electrons. The van der Waals surface area contributed by atoms with Gasteiger partial charge in [0.25, 0.3) is 17.6 Å². The largest absolute Gasteiger partial charge is 0.508 e. The van der Waals surface area contributed by atoms with E-state index in [9.17, 15) is 39.2 Å². The number of carboxylic acid groups (broad SMARTS) is 2. The topological polar surface area (TPSA) is 379 Å². The van der Waals surface area contributed by atoms with Gasteiger partial charge in [-0.3, -0.25) is 54.0 Å². The minimum absolute atomic E-state index is 0.0557. The summed E-state index contributed by atoms with van der Waals surface area (Å²) < 4.78 is 0. The van der Waals surface area contributed by atoms with Gasteiger partial charge in [0, 0.05) is 39.1 Å². The van der Waals surface area contributed by atoms with Gasteiger partial charge < -0.3 is 53.8 Å². The lowest BCUT2D eigenvalue weighted by Crippen LogP contribution is -2.55. The molecule has 4 atom stereocenters. The van der Waals surface area contributed by atoms with Crippen LogP contribution in [0.2, 0.25) is 0 Å². The molecule has 57 heavy (non-hydrogen) atoms. The summed E-state index contributed by atoms with van der Waals surface area (Å²) in [5.41, 5.74) is 24.1. The number of carboxylic acids is 2. The summed E-state index contributed by atoms with van der Waals surface area (Å²) in [4.78, 5) is 98.2. The van der Waals surface area contributed by atoms with Crippen molar-refractivity contribution < 1.29 is 53.8 Å². The Balaban J connectivity index is 0.00000185. The van der Waals surface area contributed by atoms with Crippen LogP contribution in [0.4, 0.5) is 5.69 Å². The molecule has 0 saturated carbocycles. The van der Waals surface area contributed by atoms with E-state index in [-0.39, 0.29) is 56.2 Å². The predicted molar refractivity (Wildman–Crippen MR) is 204 cm³/mol. The second kappa shape index (κ2) is 24.7. The lowest BCUT2D eigenvalue weighted by atomic mass is 10.0. The number of nitro benzene ring substituents is 1. The number of phenols is 1. The van der Waals surface area contributed by atoms with Gasteiger partial charge >= 0.3 is 0 Å². The first-order chi connectivity index (χ1) is 26.7. The number of amides is 5. The maximum Gasteiger partial charge on any atom is 0.300 e. The molecule has 22 heteroatoms. The first-order valence-corrected chi connectivity index (χ1v) is 17.4. The number of nitrogens with two attached hydrogens (primary N) is 4. The molecule has 2 aromatic rings. The van der Waals surface area contributed by atoms with Crippen LogP contribution in [0.15, 0.2) is 53.5 Å². The number of carbonyl (C=O) groups is 7. The number of nitrogens with zero attached hydrogens (tertiary/aromatic N) is 3. The number of nitro groups is 1. The number of imide groups is 1. The zero-order valence-corrected chi connectivity index (χ0v) is 31.5. The van der Waals surface area contributed by atoms with Gasteiger partial charge in [-0.15, -0.1) is 0 Å². The van der Waals surface area contributed by atoms with E-state index in [0.29, 0.717) is 24.0 Å². The van der Waals surface area contributed by atoms with E-state index in [1.807, 2.05) is 0 Å². The van der Waals surface area contributed by atoms with Gasteiger partial charge in [-0.05, 0) is 61.8 Å². The molecule has 14 N–H and O–H groups in total. The highest BCUT2D eigenvalue weighted by Crippen LogP contribution is 2.20. The highest BCUT2D eigenvalue weighted by molar-refractivity contribution is 6.01. The Labute approximate surface area is 327 Å². The van der Waals surface area contributed by atoms with Crippen LogP contribution >= 0.6 is 0 Å². The number of benzene rings is 2. The third-order valence-corrected chi connectivity index (χ3v) is 7.75. The van der Waals surface area contributed by atoms with Crippen molar-refractivity contribution in [3.05, 3.63) is 69.8 Å². The first kappa shape index (κ1) is 48.3. The number of hydrogen-bond donors (Lipinski definition) is 10. The van der Waals surface area contributed by atoms with Gasteiger partial charge in [0.15, 0.2) is 5.96 Å². The zero-order chi connectivity index (χ0) is 43.2. The summed E-state index contributed by atoms with van der Waals surface area (Å²) >= 11 is 0. The average Bonchev–Trinajstić information content (AvgIpc) is 3.62. The molecule has 1 aliphatic rings. The van der Waals surface area contributed by atoms with E-state index in [2.05, 4.69) is 20.9 Å². The van der Waals surface area contributed by atoms with E-state index in [4.69, 9.17) is 42.7 Å². The normalized spacial score (nSPS) is 14.4. The number of carbonyl (C=O) groups excluding carboxylic acids is 5. The quantitative estimate of drug-likeness (QED) is 0.0294. The molecule has 0 spiro atoms. The molecule has 1 aliphatic heterocycles. The minimum atomic E-state index is -1.11. The Morgan fingerprint density at radius 3 is 1.95 bits per heavy atom. The number of non-ortho nitro benzene ring substituents is 1. The van der Waals surface area contributed by atoms with Crippen molar-refractivity contribution in [3.63, 3.8) is 0 Å². The SMILES string of the molecule is CC(=O)O.CC(=O)O.NC(N)=NCCC[C@@H](NC(=O)[C@@H](N)Cc1ccc(O)cc1)C(=O)NCC(=O)NC(=O)[C@@H]1CCCN1C(=O)[C@@H](N)Cc1ccc([N+](=O)[O-])cc1. The Morgan fingerprint density at radius 1 is 0.895 bits per heavy atom. The van der Waals surface area contributed by atoms with Crippen molar-refractivity contribution in [2.24, 2.45) is 27.9 Å². The van der Waals surface area contributed by atoms with E-state index in [0.717, 1.165) is 13.8 Å². The standard InChI is InChI=1S/C31H42N10O8.2C2H4O2/c32-22(15-19-7-11-21(42)12-8-19)27(44)38-24(3-1-13-36-31(34)35)28(45)37-17-26(43)39-29(46)25-4-2-14-40(25)30(47)23(33)16-18-5-9-20(10-6-18)41(48)49;2*1-2(3)4/h5-12,22-25,42H,1-4,13-17,32-33H2,(H,37,45)(H,38,44)(H4,34,35,36)(H,39,43,46);2*1H3,(H,3,4)/t22-,23-,24+,25-;;/m0../s1. The number of likely N-dealkylation sites (tertiary alicyclic amines) is 1. The number of aliphatic imine (C=N–C) groups is 1. The summed E-state index contributed by atoms with van der Waals surface area (Å²) in [5.74, 6) is -5.20. The van der Waals surface area contributed by atoms with Crippen molar-refractivity contribution in [2.75, 3.05) is 19.6 Å². The molecule has 0 aliphatic carbocycles. The van der Waals surface area contributed by atoms with Crippen molar-refractivity contribution in [1.82, 2.24) is 20.9 Å². The third kappa shape index (κ3) is 19.5. The van der Waals surface area contributed by atoms with Crippen LogP contribution in [-0.4, -0.2) is 116 Å². The maximum atomic E-state index is 13.1. The summed E-state index contributed by atoms with van der Waals surface area (Å²) in [5, 5.41) is 42.4. The third-order valence-electron chi connectivity index (χ3n) is 7.75. The number of aromatic hydroxyl groups is 1. The fourth-order valence-corrected chi connectivity index (χ4v) is 5.20. The summed E-state index contributed by atoms with van der Waals surface area (Å²) in [6, 6.07) is 7.60. The molecule has 2 aromatic carbocycles. The number of rotatable bonds is 16. The molecule has 3 rings (SSSR count). The summed E-state index contributed by atoms with van der Waals surface area (Å²) in [6.07, 6.45) is 1.39. The Bertz CT molecular complexity index is 1710. The van der Waals surface area contributed by atoms with Gasteiger partial charge in [-0.1, -0.05) is 24.3 Å². The molecule has 0 bridgehead atoms. The molecule has 0 aromatic heterocycles. The van der Waals surface area contributed by atoms with Gasteiger partial charge in [-0.2, -0.15) is 0 Å². The lowest BCUT2D eigenvalue weighted by Gasteiger charge is -2.26. The second-order valence-corrected chi connectivity index (χ2v) is 12.6. The molecule has 22 nitrogen and oxygen atoms in total. The second-order valence-electron chi connectivity index (χ2n) is 12.6. The van der Waals surface area contributed by atoms with E-state index >= 15 is 0 Å². The molecule has 0 radical (unpaired) electrons. The van der Waals surface area contributed by atoms with Crippen LogP contribution < -0.4 is 38.9 Å². The van der Waals surface area contributed by atoms with E-state index in [1.54, 1.807) is 12.1 Å². The van der Waals surface area contributed by atoms with Crippen LogP contribution in [0.3, 0.4) is 0 Å². The van der Waals surface area contributed by atoms with Gasteiger partial charge in [0.1, 0.15) is 17.8 Å². The Hall–Kier alpha value is -6.68. The number of nitrogens with one attached hydrogen (secondary N) is 3. The van der Waals surface area contributed by atoms with Crippen LogP contribution in [0, 0.1) is 10.1 Å². The molecule has 1 heterocycles. The fraction of sp³-hybridized carbons (Fsp3) is 0.429. The molecule has 5 amide bonds.